The lowest BCUT2D eigenvalue weighted by molar-refractivity contribution is -0.318. The van der Waals surface area contributed by atoms with Crippen molar-refractivity contribution < 1.29 is 75.8 Å². The molecule has 3 saturated heterocycles. The fourth-order valence-corrected chi connectivity index (χ4v) is 12.8. The van der Waals surface area contributed by atoms with Crippen LogP contribution < -0.4 is 10.7 Å². The zero-order valence-electron chi connectivity index (χ0n) is 47.4. The van der Waals surface area contributed by atoms with Gasteiger partial charge in [0.1, 0.15) is 35.3 Å². The molecule has 5 N–H and O–H groups in total. The van der Waals surface area contributed by atoms with Crippen LogP contribution in [0.4, 0.5) is 0 Å². The number of carbonyl (C=O) groups is 2. The number of benzene rings is 1. The number of fused-ring (bicyclic) bond motifs is 1. The highest BCUT2D eigenvalue weighted by molar-refractivity contribution is 7.86. The molecular weight excluding hydrogens is 1010 g/mol. The Morgan fingerprint density at radius 1 is 0.947 bits per heavy atom. The first kappa shape index (κ1) is 63.4. The van der Waals surface area contributed by atoms with E-state index in [4.69, 9.17) is 37.3 Å². The lowest BCUT2D eigenvalue weighted by Gasteiger charge is -2.50. The average molecular weight is 1100 g/mol. The minimum atomic E-state index is -4.17. The molecule has 21 heteroatoms. The summed E-state index contributed by atoms with van der Waals surface area (Å²) >= 11 is 0. The van der Waals surface area contributed by atoms with Crippen LogP contribution >= 0.6 is 0 Å². The second-order valence-corrected chi connectivity index (χ2v) is 24.3. The zero-order chi connectivity index (χ0) is 57.0. The van der Waals surface area contributed by atoms with E-state index in [9.17, 15) is 43.2 Å². The second kappa shape index (κ2) is 25.8. The van der Waals surface area contributed by atoms with Gasteiger partial charge in [0.2, 0.25) is 5.43 Å². The van der Waals surface area contributed by atoms with Crippen molar-refractivity contribution in [2.75, 3.05) is 47.2 Å². The minimum Gasteiger partial charge on any atom is -0.492 e. The first-order chi connectivity index (χ1) is 35.4. The molecular formula is C55H89N3O17S. The Hall–Kier alpha value is -3.42. The molecule has 18 atom stereocenters. The molecule has 3 fully saturated rings. The average Bonchev–Trinajstić information content (AvgIpc) is 3.36. The molecule has 0 amide bonds. The van der Waals surface area contributed by atoms with Crippen LogP contribution in [0.1, 0.15) is 117 Å². The first-order valence-electron chi connectivity index (χ1n) is 26.7. The van der Waals surface area contributed by atoms with Crippen LogP contribution in [0.5, 0.6) is 0 Å². The number of aliphatic hydroxyl groups excluding tert-OH is 2. The number of ketones is 1. The highest BCUT2D eigenvalue weighted by atomic mass is 32.2. The summed E-state index contributed by atoms with van der Waals surface area (Å²) in [4.78, 5) is 40.7. The maximum absolute atomic E-state index is 14.3. The number of Topliss-reactive ketones (excluding diaryl/α,β-unsaturated/α-hetero) is 1. The van der Waals surface area contributed by atoms with E-state index in [2.05, 4.69) is 11.9 Å². The molecule has 1 aromatic heterocycles. The number of aromatic carboxylic acids is 1. The smallest absolute Gasteiger partial charge is 0.341 e. The van der Waals surface area contributed by atoms with Crippen LogP contribution in [0.15, 0.2) is 41.5 Å². The largest absolute Gasteiger partial charge is 0.492 e. The fraction of sp³-hybridized carbons (Fsp3) is 0.764. The van der Waals surface area contributed by atoms with Crippen LogP contribution in [-0.2, 0) is 65.7 Å². The van der Waals surface area contributed by atoms with E-state index in [1.165, 1.54) is 27.3 Å². The van der Waals surface area contributed by atoms with Gasteiger partial charge in [0, 0.05) is 75.5 Å². The molecule has 3 aliphatic rings. The summed E-state index contributed by atoms with van der Waals surface area (Å²) < 4.78 is 80.7. The van der Waals surface area contributed by atoms with E-state index in [0.717, 1.165) is 5.56 Å². The maximum atomic E-state index is 14.3. The normalized spacial score (nSPS) is 37.5. The highest BCUT2D eigenvalue weighted by Crippen LogP contribution is 2.43. The molecule has 4 heterocycles. The van der Waals surface area contributed by atoms with Crippen LogP contribution in [-0.4, -0.2) is 181 Å². The van der Waals surface area contributed by atoms with E-state index < -0.39 is 117 Å². The summed E-state index contributed by atoms with van der Waals surface area (Å²) in [6, 6.07) is 5.03. The number of aromatic nitrogens is 1. The summed E-state index contributed by atoms with van der Waals surface area (Å²) in [5.74, 6) is -4.89. The van der Waals surface area contributed by atoms with Gasteiger partial charge in [0.05, 0.1) is 58.8 Å². The number of methoxy groups -OCH3 is 2. The van der Waals surface area contributed by atoms with Gasteiger partial charge in [0.25, 0.3) is 10.1 Å². The Morgan fingerprint density at radius 3 is 2.20 bits per heavy atom. The number of likely N-dealkylation sites (N-methyl/N-ethyl adjacent to an activating group) is 1. The van der Waals surface area contributed by atoms with Gasteiger partial charge in [-0.3, -0.25) is 13.8 Å². The predicted molar refractivity (Wildman–Crippen MR) is 285 cm³/mol. The third-order valence-corrected chi connectivity index (χ3v) is 17.7. The molecule has 76 heavy (non-hydrogen) atoms. The van der Waals surface area contributed by atoms with Gasteiger partial charge in [-0.05, 0) is 105 Å². The summed E-state index contributed by atoms with van der Waals surface area (Å²) in [7, 11) is 4.24. The number of nitrogens with one attached hydrogen (secondary N) is 1. The number of nitrogens with zero attached hydrogens (tertiary/aromatic N) is 2. The Labute approximate surface area is 449 Å². The Bertz CT molecular complexity index is 2490. The number of hydrogen-bond donors (Lipinski definition) is 5. The molecule has 1 aromatic carbocycles. The van der Waals surface area contributed by atoms with Gasteiger partial charge in [-0.25, -0.2) is 4.79 Å². The molecule has 0 aliphatic carbocycles. The van der Waals surface area contributed by atoms with Crippen LogP contribution in [0.25, 0.3) is 10.9 Å². The summed E-state index contributed by atoms with van der Waals surface area (Å²) in [6.45, 7) is 22.3. The van der Waals surface area contributed by atoms with Gasteiger partial charge >= 0.3 is 5.97 Å². The van der Waals surface area contributed by atoms with Crippen molar-refractivity contribution in [1.29, 1.82) is 0 Å². The number of aliphatic hydroxyl groups is 3. The highest BCUT2D eigenvalue weighted by Gasteiger charge is 2.54. The third-order valence-electron chi connectivity index (χ3n) is 16.5. The topological polar surface area (TPSA) is 260 Å². The molecule has 5 rings (SSSR count). The van der Waals surface area contributed by atoms with E-state index in [0.29, 0.717) is 36.7 Å². The van der Waals surface area contributed by atoms with E-state index in [1.807, 2.05) is 52.8 Å². The molecule has 0 saturated carbocycles. The van der Waals surface area contributed by atoms with Crippen molar-refractivity contribution >= 4 is 32.8 Å². The number of rotatable bonds is 18. The van der Waals surface area contributed by atoms with E-state index in [1.54, 1.807) is 58.4 Å². The summed E-state index contributed by atoms with van der Waals surface area (Å²) in [5, 5.41) is 48.4. The number of carboxylic acids is 1. The Balaban J connectivity index is 1.38. The van der Waals surface area contributed by atoms with E-state index >= 15 is 0 Å². The molecule has 3 aliphatic heterocycles. The predicted octanol–water partition coefficient (Wildman–Crippen LogP) is 4.55. The number of ether oxygens (including phenoxy) is 7. The monoisotopic (exact) mass is 1100 g/mol. The number of carboxylic acid groups (broad SMARTS) is 1. The summed E-state index contributed by atoms with van der Waals surface area (Å²) in [6.07, 6.45) is -6.65. The van der Waals surface area contributed by atoms with Crippen molar-refractivity contribution in [3.63, 3.8) is 0 Å². The van der Waals surface area contributed by atoms with Gasteiger partial charge in [-0.1, -0.05) is 47.3 Å². The SMILES string of the molecule is C=C1O[C@H](CC)C(C)(O)[C@H](O)C(C)C(=O)[C@H](C)C[C@@](C)(OC)C(O[C@@H]2O[C@H](C)C[C@H](N(C)C)C2O)[C@@H](C)[C@H](O[C@H]2C[C@@](C)(OC)[C@@H](OS(=O)(=O)CCNCCCc3ccc4c(c3)c(=O)c(C(=O)O)cn4C)[C@H](C)O2)[C@H]1C. The number of hydrogen-bond acceptors (Lipinski definition) is 18. The second-order valence-electron chi connectivity index (χ2n) is 22.6. The standard InChI is InChI=1S/C55H89N3O17S/c1-17-42-55(11,65)48(62)33(5)44(59)30(2)27-53(9,68-15)49(74-52-46(61)41(57(12)13)25-31(3)70-52)34(6)47(32(4)35(7)71-42)73-43-28-54(10,69-16)50(36(8)72-43)75-76(66,67)24-23-56-22-18-19-37-20-21-40-38(26-37)45(60)39(51(63)64)29-58(40)14/h20-21,26,29-34,36,41-43,46-50,52,56,61-62,65H,7,17-19,22-25,27-28H2,1-6,8-16H3,(H,63,64)/t30-,31-,32+,33?,34+,36+,41+,42-,43+,46?,47-,48-,49?,50+,52+,53-,54-,55?/m1/s1. The zero-order valence-corrected chi connectivity index (χ0v) is 48.3. The van der Waals surface area contributed by atoms with Gasteiger partial charge in [0.15, 0.2) is 12.6 Å². The number of pyridine rings is 1. The van der Waals surface area contributed by atoms with Crippen molar-refractivity contribution in [2.45, 2.75) is 192 Å². The first-order valence-corrected chi connectivity index (χ1v) is 28.3. The lowest BCUT2D eigenvalue weighted by atomic mass is 9.73. The van der Waals surface area contributed by atoms with Crippen LogP contribution in [0, 0.1) is 23.7 Å². The van der Waals surface area contributed by atoms with Gasteiger partial charge in [-0.15, -0.1) is 0 Å². The van der Waals surface area contributed by atoms with Crippen LogP contribution in [0.3, 0.4) is 0 Å². The molecule has 2 aromatic rings. The Kier molecular flexibility index (Phi) is 21.5. The van der Waals surface area contributed by atoms with Crippen molar-refractivity contribution in [3.8, 4) is 0 Å². The van der Waals surface area contributed by atoms with E-state index in [-0.39, 0.29) is 60.8 Å². The van der Waals surface area contributed by atoms with Gasteiger partial charge < -0.3 is 68.4 Å². The summed E-state index contributed by atoms with van der Waals surface area (Å²) in [5.41, 5.74) is -3.87. The molecule has 20 nitrogen and oxygen atoms in total. The molecule has 0 bridgehead atoms. The maximum Gasteiger partial charge on any atom is 0.341 e. The third kappa shape index (κ3) is 14.3. The fourth-order valence-electron chi connectivity index (χ4n) is 11.6. The lowest BCUT2D eigenvalue weighted by Crippen LogP contribution is -2.61. The van der Waals surface area contributed by atoms with Gasteiger partial charge in [-0.2, -0.15) is 8.42 Å². The quantitative estimate of drug-likeness (QED) is 0.101. The van der Waals surface area contributed by atoms with Crippen LogP contribution in [0.2, 0.25) is 0 Å². The molecule has 4 unspecified atom stereocenters. The molecule has 432 valence electrons. The Morgan fingerprint density at radius 2 is 1.59 bits per heavy atom. The minimum absolute atomic E-state index is 0.00447. The van der Waals surface area contributed by atoms with Crippen molar-refractivity contribution in [2.24, 2.45) is 30.7 Å². The molecule has 0 spiro atoms. The van der Waals surface area contributed by atoms with Crippen molar-refractivity contribution in [3.05, 3.63) is 58.1 Å². The molecule has 0 radical (unpaired) electrons. The number of aryl methyl sites for hydroxylation is 2. The van der Waals surface area contributed by atoms with Crippen molar-refractivity contribution in [1.82, 2.24) is 14.8 Å². The number of carbonyl (C=O) groups excluding carboxylic acids is 1.